The van der Waals surface area contributed by atoms with Gasteiger partial charge in [-0.3, -0.25) is 9.69 Å². The average Bonchev–Trinajstić information content (AvgIpc) is 2.85. The molecule has 5 rings (SSSR count). The van der Waals surface area contributed by atoms with Gasteiger partial charge in [0.1, 0.15) is 5.82 Å². The van der Waals surface area contributed by atoms with Gasteiger partial charge in [0.2, 0.25) is 5.91 Å². The summed E-state index contributed by atoms with van der Waals surface area (Å²) in [5.74, 6) is 1.55. The predicted molar refractivity (Wildman–Crippen MR) is 133 cm³/mol. The molecular formula is C25H24ClN7O. The molecule has 0 radical (unpaired) electrons. The quantitative estimate of drug-likeness (QED) is 0.459. The second-order valence-corrected chi connectivity index (χ2v) is 8.62. The number of nitrogens with one attached hydrogen (secondary N) is 1. The Balaban J connectivity index is 1.25. The topological polar surface area (TPSA) is 87.1 Å². The summed E-state index contributed by atoms with van der Waals surface area (Å²) >= 11 is 6.00. The van der Waals surface area contributed by atoms with Crippen LogP contribution < -0.4 is 10.2 Å². The lowest BCUT2D eigenvalue weighted by Crippen LogP contribution is -2.49. The molecule has 1 saturated heterocycles. The van der Waals surface area contributed by atoms with E-state index in [0.29, 0.717) is 23.7 Å². The molecule has 34 heavy (non-hydrogen) atoms. The highest BCUT2D eigenvalue weighted by atomic mass is 35.5. The fourth-order valence-corrected chi connectivity index (χ4v) is 4.36. The molecule has 8 nitrogen and oxygen atoms in total. The number of anilines is 2. The molecule has 172 valence electrons. The Morgan fingerprint density at radius 1 is 0.912 bits per heavy atom. The smallest absolute Gasteiger partial charge is 0.238 e. The number of hydrogen-bond acceptors (Lipinski definition) is 7. The van der Waals surface area contributed by atoms with E-state index in [1.54, 1.807) is 30.6 Å². The summed E-state index contributed by atoms with van der Waals surface area (Å²) in [5, 5.41) is 14.8. The number of piperazine rings is 1. The van der Waals surface area contributed by atoms with E-state index < -0.39 is 0 Å². The molecule has 2 aromatic heterocycles. The normalized spacial score (nSPS) is 14.3. The Labute approximate surface area is 202 Å². The maximum absolute atomic E-state index is 12.5. The molecule has 0 aliphatic carbocycles. The van der Waals surface area contributed by atoms with Crippen molar-refractivity contribution in [1.82, 2.24) is 25.1 Å². The van der Waals surface area contributed by atoms with Crippen LogP contribution in [0.1, 0.15) is 11.5 Å². The molecule has 0 bridgehead atoms. The number of halogens is 1. The summed E-state index contributed by atoms with van der Waals surface area (Å²) in [6.45, 7) is 3.40. The van der Waals surface area contributed by atoms with Crippen LogP contribution in [0.5, 0.6) is 0 Å². The zero-order chi connectivity index (χ0) is 23.3. The minimum atomic E-state index is -0.0477. The van der Waals surface area contributed by atoms with E-state index >= 15 is 0 Å². The van der Waals surface area contributed by atoms with Gasteiger partial charge in [0, 0.05) is 60.1 Å². The molecule has 0 unspecified atom stereocenters. The summed E-state index contributed by atoms with van der Waals surface area (Å²) in [6.07, 6.45) is 4.01. The SMILES string of the molecule is O=C(CN1CCN(c2nnc(Cc3ncccn3)c3ccccc23)CC1)Nc1cccc(Cl)c1. The first-order valence-electron chi connectivity index (χ1n) is 11.2. The van der Waals surface area contributed by atoms with Crippen LogP contribution in [0.4, 0.5) is 11.5 Å². The van der Waals surface area contributed by atoms with Crippen molar-refractivity contribution in [2.45, 2.75) is 6.42 Å². The van der Waals surface area contributed by atoms with E-state index in [9.17, 15) is 4.79 Å². The fourth-order valence-electron chi connectivity index (χ4n) is 4.17. The van der Waals surface area contributed by atoms with Gasteiger partial charge in [-0.15, -0.1) is 5.10 Å². The maximum atomic E-state index is 12.5. The van der Waals surface area contributed by atoms with Gasteiger partial charge in [0.15, 0.2) is 5.82 Å². The maximum Gasteiger partial charge on any atom is 0.238 e. The van der Waals surface area contributed by atoms with E-state index in [1.165, 1.54) is 0 Å². The summed E-state index contributed by atoms with van der Waals surface area (Å²) in [7, 11) is 0. The van der Waals surface area contributed by atoms with Crippen molar-refractivity contribution < 1.29 is 4.79 Å². The van der Waals surface area contributed by atoms with Gasteiger partial charge in [-0.1, -0.05) is 41.9 Å². The third-order valence-corrected chi connectivity index (χ3v) is 6.07. The van der Waals surface area contributed by atoms with Crippen LogP contribution in [0, 0.1) is 0 Å². The van der Waals surface area contributed by atoms with E-state index in [-0.39, 0.29) is 5.91 Å². The molecule has 1 N–H and O–H groups in total. The summed E-state index contributed by atoms with van der Waals surface area (Å²) in [4.78, 5) is 25.5. The summed E-state index contributed by atoms with van der Waals surface area (Å²) in [5.41, 5.74) is 1.57. The third-order valence-electron chi connectivity index (χ3n) is 5.84. The number of benzene rings is 2. The molecule has 1 fully saturated rings. The van der Waals surface area contributed by atoms with Gasteiger partial charge in [0.05, 0.1) is 18.7 Å². The molecular weight excluding hydrogens is 450 g/mol. The zero-order valence-electron chi connectivity index (χ0n) is 18.6. The first-order valence-corrected chi connectivity index (χ1v) is 11.6. The molecule has 1 aliphatic rings. The summed E-state index contributed by atoms with van der Waals surface area (Å²) in [6, 6.07) is 17.2. The molecule has 0 spiro atoms. The van der Waals surface area contributed by atoms with Crippen LogP contribution in [0.25, 0.3) is 10.8 Å². The van der Waals surface area contributed by atoms with Crippen LogP contribution in [0.3, 0.4) is 0 Å². The second-order valence-electron chi connectivity index (χ2n) is 8.18. The van der Waals surface area contributed by atoms with Crippen molar-refractivity contribution in [1.29, 1.82) is 0 Å². The van der Waals surface area contributed by atoms with Crippen molar-refractivity contribution in [2.24, 2.45) is 0 Å². The Kier molecular flexibility index (Phi) is 6.60. The minimum Gasteiger partial charge on any atom is -0.352 e. The number of carbonyl (C=O) groups excluding carboxylic acids is 1. The van der Waals surface area contributed by atoms with Crippen molar-refractivity contribution >= 4 is 39.8 Å². The van der Waals surface area contributed by atoms with E-state index in [1.807, 2.05) is 24.3 Å². The molecule has 3 heterocycles. The minimum absolute atomic E-state index is 0.0477. The fraction of sp³-hybridized carbons (Fsp3) is 0.240. The highest BCUT2D eigenvalue weighted by Crippen LogP contribution is 2.27. The molecule has 2 aromatic carbocycles. The molecule has 1 amide bonds. The lowest BCUT2D eigenvalue weighted by molar-refractivity contribution is -0.117. The van der Waals surface area contributed by atoms with Crippen molar-refractivity contribution in [3.63, 3.8) is 0 Å². The molecule has 1 aliphatic heterocycles. The molecule has 9 heteroatoms. The van der Waals surface area contributed by atoms with Crippen molar-refractivity contribution in [3.8, 4) is 0 Å². The van der Waals surface area contributed by atoms with Crippen LogP contribution >= 0.6 is 11.6 Å². The van der Waals surface area contributed by atoms with Gasteiger partial charge in [-0.2, -0.15) is 5.10 Å². The highest BCUT2D eigenvalue weighted by molar-refractivity contribution is 6.30. The van der Waals surface area contributed by atoms with E-state index in [2.05, 4.69) is 47.4 Å². The number of nitrogens with zero attached hydrogens (tertiary/aromatic N) is 6. The van der Waals surface area contributed by atoms with Crippen LogP contribution in [-0.2, 0) is 11.2 Å². The van der Waals surface area contributed by atoms with Gasteiger partial charge < -0.3 is 10.2 Å². The lowest BCUT2D eigenvalue weighted by atomic mass is 10.1. The first kappa shape index (κ1) is 22.2. The number of fused-ring (bicyclic) bond motifs is 1. The summed E-state index contributed by atoms with van der Waals surface area (Å²) < 4.78 is 0. The second kappa shape index (κ2) is 10.1. The predicted octanol–water partition coefficient (Wildman–Crippen LogP) is 3.42. The van der Waals surface area contributed by atoms with Crippen LogP contribution in [0.2, 0.25) is 5.02 Å². The first-order chi connectivity index (χ1) is 16.7. The largest absolute Gasteiger partial charge is 0.352 e. The van der Waals surface area contributed by atoms with Crippen LogP contribution in [0.15, 0.2) is 67.0 Å². The molecule has 0 saturated carbocycles. The number of aromatic nitrogens is 4. The third kappa shape index (κ3) is 5.13. The van der Waals surface area contributed by atoms with Crippen LogP contribution in [-0.4, -0.2) is 63.7 Å². The van der Waals surface area contributed by atoms with E-state index in [0.717, 1.165) is 54.3 Å². The van der Waals surface area contributed by atoms with E-state index in [4.69, 9.17) is 11.6 Å². The lowest BCUT2D eigenvalue weighted by Gasteiger charge is -2.35. The Morgan fingerprint density at radius 3 is 2.44 bits per heavy atom. The highest BCUT2D eigenvalue weighted by Gasteiger charge is 2.22. The monoisotopic (exact) mass is 473 g/mol. The Hall–Kier alpha value is -3.62. The Bertz CT molecular complexity index is 1290. The number of rotatable bonds is 6. The Morgan fingerprint density at radius 2 is 1.68 bits per heavy atom. The van der Waals surface area contributed by atoms with Gasteiger partial charge in [-0.25, -0.2) is 9.97 Å². The van der Waals surface area contributed by atoms with Gasteiger partial charge in [-0.05, 0) is 24.3 Å². The zero-order valence-corrected chi connectivity index (χ0v) is 19.3. The van der Waals surface area contributed by atoms with Crippen molar-refractivity contribution in [2.75, 3.05) is 42.9 Å². The molecule has 0 atom stereocenters. The average molecular weight is 474 g/mol. The number of amides is 1. The number of carbonyl (C=O) groups is 1. The number of hydrogen-bond donors (Lipinski definition) is 1. The van der Waals surface area contributed by atoms with Gasteiger partial charge >= 0.3 is 0 Å². The standard InChI is InChI=1S/C25H24ClN7O/c26-18-5-3-6-19(15-18)29-24(34)17-32-11-13-33(14-12-32)25-21-8-2-1-7-20(21)22(30-31-25)16-23-27-9-4-10-28-23/h1-10,15H,11-14,16-17H2,(H,29,34). The van der Waals surface area contributed by atoms with Gasteiger partial charge in [0.25, 0.3) is 0 Å². The van der Waals surface area contributed by atoms with Crippen molar-refractivity contribution in [3.05, 3.63) is 83.5 Å². The molecule has 4 aromatic rings.